The van der Waals surface area contributed by atoms with Gasteiger partial charge in [0.05, 0.1) is 17.9 Å². The zero-order valence-corrected chi connectivity index (χ0v) is 20.0. The highest BCUT2D eigenvalue weighted by Gasteiger charge is 2.49. The zero-order chi connectivity index (χ0) is 22.9. The Labute approximate surface area is 190 Å². The normalized spacial score (nSPS) is 25.5. The summed E-state index contributed by atoms with van der Waals surface area (Å²) in [5.41, 5.74) is 2.85. The van der Waals surface area contributed by atoms with Gasteiger partial charge < -0.3 is 19.4 Å². The monoisotopic (exact) mass is 455 g/mol. The molecule has 1 saturated heterocycles. The minimum atomic E-state index is -2.40. The van der Waals surface area contributed by atoms with Gasteiger partial charge in [-0.15, -0.1) is 0 Å². The lowest BCUT2D eigenvalue weighted by atomic mass is 9.95. The van der Waals surface area contributed by atoms with Crippen molar-refractivity contribution < 1.29 is 24.2 Å². The topological polar surface area (TPSA) is 79.2 Å². The lowest BCUT2D eigenvalue weighted by Crippen LogP contribution is -2.40. The van der Waals surface area contributed by atoms with E-state index in [9.17, 15) is 14.7 Å². The number of aliphatic hydroxyl groups is 1. The number of fused-ring (bicyclic) bond motifs is 1. The Morgan fingerprint density at radius 3 is 2.62 bits per heavy atom. The summed E-state index contributed by atoms with van der Waals surface area (Å²) >= 11 is 0. The molecule has 0 aromatic heterocycles. The molecule has 2 N–H and O–H groups in total. The first-order valence-electron chi connectivity index (χ1n) is 11.4. The van der Waals surface area contributed by atoms with E-state index in [2.05, 4.69) is 19.1 Å². The molecule has 2 aliphatic rings. The number of anilines is 2. The number of amides is 1. The molecule has 0 unspecified atom stereocenters. The van der Waals surface area contributed by atoms with Gasteiger partial charge in [-0.05, 0) is 68.1 Å². The first kappa shape index (κ1) is 23.0. The number of aliphatic hydroxyl groups excluding tert-OH is 1. The van der Waals surface area contributed by atoms with Gasteiger partial charge in [0.25, 0.3) is 5.91 Å². The number of hydrogen-bond acceptors (Lipinski definition) is 5. The van der Waals surface area contributed by atoms with Gasteiger partial charge in [-0.2, -0.15) is 0 Å². The average molecular weight is 456 g/mol. The molecule has 6 nitrogen and oxygen atoms in total. The summed E-state index contributed by atoms with van der Waals surface area (Å²) in [5.74, 6) is 0.870. The van der Waals surface area contributed by atoms with Crippen molar-refractivity contribution in [3.8, 4) is 5.75 Å². The Balaban J connectivity index is 1.49. The summed E-state index contributed by atoms with van der Waals surface area (Å²) in [6.07, 6.45) is 2.18. The van der Waals surface area contributed by atoms with Gasteiger partial charge in [0, 0.05) is 17.8 Å². The number of benzene rings is 2. The summed E-state index contributed by atoms with van der Waals surface area (Å²) in [6.45, 7) is 6.19. The van der Waals surface area contributed by atoms with Crippen LogP contribution in [-0.4, -0.2) is 49.5 Å². The van der Waals surface area contributed by atoms with Crippen LogP contribution in [0.3, 0.4) is 0 Å². The second-order valence-electron chi connectivity index (χ2n) is 9.46. The molecule has 7 heteroatoms. The van der Waals surface area contributed by atoms with Crippen LogP contribution in [0.15, 0.2) is 48.5 Å². The summed E-state index contributed by atoms with van der Waals surface area (Å²) in [6, 6.07) is 15.7. The molecule has 1 amide bonds. The van der Waals surface area contributed by atoms with Crippen molar-refractivity contribution >= 4 is 25.6 Å². The highest BCUT2D eigenvalue weighted by atomic mass is 28.4. The van der Waals surface area contributed by atoms with Gasteiger partial charge in [0.15, 0.2) is 14.9 Å². The third kappa shape index (κ3) is 4.61. The first-order valence-corrected chi connectivity index (χ1v) is 14.4. The molecular formula is C25H33NO5Si. The summed E-state index contributed by atoms with van der Waals surface area (Å²) < 4.78 is 11.9. The van der Waals surface area contributed by atoms with Crippen molar-refractivity contribution in [3.05, 3.63) is 54.1 Å². The molecule has 4 rings (SSSR count). The summed E-state index contributed by atoms with van der Waals surface area (Å²) in [5, 5.41) is 9.45. The quantitative estimate of drug-likeness (QED) is 0.616. The highest BCUT2D eigenvalue weighted by molar-refractivity contribution is 6.71. The van der Waals surface area contributed by atoms with Gasteiger partial charge in [0.1, 0.15) is 5.75 Å². The van der Waals surface area contributed by atoms with E-state index in [1.54, 1.807) is 4.90 Å². The molecule has 0 spiro atoms. The Hall–Kier alpha value is -2.19. The summed E-state index contributed by atoms with van der Waals surface area (Å²) in [7, 11) is -2.40. The number of aryl methyl sites for hydroxylation is 1. The number of ether oxygens (including phenoxy) is 2. The Morgan fingerprint density at radius 1 is 1.09 bits per heavy atom. The average Bonchev–Trinajstić information content (AvgIpc) is 3.08. The van der Waals surface area contributed by atoms with Crippen LogP contribution >= 0.6 is 0 Å². The zero-order valence-electron chi connectivity index (χ0n) is 19.0. The molecule has 2 heterocycles. The van der Waals surface area contributed by atoms with Crippen molar-refractivity contribution in [1.29, 1.82) is 0 Å². The molecule has 0 saturated carbocycles. The number of rotatable bonds is 7. The SMILES string of the molecule is C[C@@H]1[C@@H]([Si](C)(C)O)[C@H](CCO)O[C@@H]1CCc1cccc(N2C(=O)COc3ccccc32)c1. The molecule has 0 bridgehead atoms. The molecular weight excluding hydrogens is 422 g/mol. The van der Waals surface area contributed by atoms with E-state index in [0.717, 1.165) is 29.8 Å². The van der Waals surface area contributed by atoms with Crippen LogP contribution in [0.4, 0.5) is 11.4 Å². The number of hydrogen-bond donors (Lipinski definition) is 2. The van der Waals surface area contributed by atoms with Crippen LogP contribution < -0.4 is 9.64 Å². The standard InChI is InChI=1S/C25H33NO5Si/c1-17-21(31-23(13-14-27)25(17)32(2,3)29)12-11-18-7-6-8-19(15-18)26-20-9-4-5-10-22(20)30-16-24(26)28/h4-10,15,17,21,23,25,27,29H,11-14,16H2,1-3H3/t17-,21+,23-,25+/m0/s1. The van der Waals surface area contributed by atoms with Crippen molar-refractivity contribution in [3.63, 3.8) is 0 Å². The smallest absolute Gasteiger partial charge is 0.269 e. The van der Waals surface area contributed by atoms with Crippen molar-refractivity contribution in [2.24, 2.45) is 5.92 Å². The summed E-state index contributed by atoms with van der Waals surface area (Å²) in [4.78, 5) is 25.2. The predicted octanol–water partition coefficient (Wildman–Crippen LogP) is 4.03. The van der Waals surface area contributed by atoms with Gasteiger partial charge in [-0.3, -0.25) is 9.69 Å². The largest absolute Gasteiger partial charge is 0.482 e. The Morgan fingerprint density at radius 2 is 1.88 bits per heavy atom. The third-order valence-electron chi connectivity index (χ3n) is 6.73. The minimum Gasteiger partial charge on any atom is -0.482 e. The van der Waals surface area contributed by atoms with E-state index in [4.69, 9.17) is 9.47 Å². The van der Waals surface area contributed by atoms with E-state index in [0.29, 0.717) is 12.2 Å². The first-order chi connectivity index (χ1) is 15.3. The van der Waals surface area contributed by atoms with Crippen molar-refractivity contribution in [2.45, 2.75) is 57.0 Å². The fourth-order valence-corrected chi connectivity index (χ4v) is 8.01. The fourth-order valence-electron chi connectivity index (χ4n) is 5.35. The molecule has 4 atom stereocenters. The van der Waals surface area contributed by atoms with E-state index >= 15 is 0 Å². The molecule has 1 fully saturated rings. The minimum absolute atomic E-state index is 0.0309. The lowest BCUT2D eigenvalue weighted by Gasteiger charge is -2.30. The maximum atomic E-state index is 12.6. The second kappa shape index (κ2) is 9.35. The maximum Gasteiger partial charge on any atom is 0.269 e. The highest BCUT2D eigenvalue weighted by Crippen LogP contribution is 2.45. The van der Waals surface area contributed by atoms with Gasteiger partial charge in [-0.1, -0.05) is 31.2 Å². The van der Waals surface area contributed by atoms with Gasteiger partial charge in [-0.25, -0.2) is 0 Å². The van der Waals surface area contributed by atoms with E-state index in [1.165, 1.54) is 0 Å². The number of carbonyl (C=O) groups excluding carboxylic acids is 1. The molecule has 2 aromatic rings. The molecule has 2 aliphatic heterocycles. The van der Waals surface area contributed by atoms with Gasteiger partial charge >= 0.3 is 0 Å². The van der Waals surface area contributed by atoms with Crippen LogP contribution in [0, 0.1) is 5.92 Å². The fraction of sp³-hybridized carbons (Fsp3) is 0.480. The number of para-hydroxylation sites is 2. The van der Waals surface area contributed by atoms with E-state index in [-0.39, 0.29) is 42.8 Å². The third-order valence-corrected chi connectivity index (χ3v) is 9.25. The van der Waals surface area contributed by atoms with Crippen LogP contribution in [0.5, 0.6) is 5.75 Å². The molecule has 0 radical (unpaired) electrons. The Bertz CT molecular complexity index is 959. The van der Waals surface area contributed by atoms with E-state index < -0.39 is 8.32 Å². The molecule has 172 valence electrons. The Kier molecular flexibility index (Phi) is 6.72. The van der Waals surface area contributed by atoms with Crippen molar-refractivity contribution in [1.82, 2.24) is 0 Å². The molecule has 0 aliphatic carbocycles. The number of nitrogens with zero attached hydrogens (tertiary/aromatic N) is 1. The van der Waals surface area contributed by atoms with Gasteiger partial charge in [0.2, 0.25) is 0 Å². The van der Waals surface area contributed by atoms with Crippen LogP contribution in [-0.2, 0) is 16.0 Å². The second-order valence-corrected chi connectivity index (χ2v) is 13.4. The lowest BCUT2D eigenvalue weighted by molar-refractivity contribution is -0.120. The van der Waals surface area contributed by atoms with Crippen LogP contribution in [0.1, 0.15) is 25.3 Å². The van der Waals surface area contributed by atoms with Crippen LogP contribution in [0.25, 0.3) is 0 Å². The van der Waals surface area contributed by atoms with Crippen molar-refractivity contribution in [2.75, 3.05) is 18.1 Å². The molecule has 2 aromatic carbocycles. The number of carbonyl (C=O) groups is 1. The predicted molar refractivity (Wildman–Crippen MR) is 127 cm³/mol. The maximum absolute atomic E-state index is 12.6. The van der Waals surface area contributed by atoms with E-state index in [1.807, 2.05) is 49.5 Å². The molecule has 32 heavy (non-hydrogen) atoms. The van der Waals surface area contributed by atoms with Crippen LogP contribution in [0.2, 0.25) is 18.6 Å².